The minimum absolute atomic E-state index is 0.180. The second-order valence-corrected chi connectivity index (χ2v) is 4.47. The third-order valence-corrected chi connectivity index (χ3v) is 3.04. The summed E-state index contributed by atoms with van der Waals surface area (Å²) >= 11 is 0. The number of hydrogen-bond donors (Lipinski definition) is 3. The Kier molecular flexibility index (Phi) is 4.91. The molecule has 0 unspecified atom stereocenters. The summed E-state index contributed by atoms with van der Waals surface area (Å²) in [4.78, 5) is 27.4. The fourth-order valence-corrected chi connectivity index (χ4v) is 2.00. The molecule has 2 aliphatic heterocycles. The maximum atomic E-state index is 11.5. The molecule has 2 rings (SSSR count). The van der Waals surface area contributed by atoms with Gasteiger partial charge in [0.25, 0.3) is 5.91 Å². The van der Waals surface area contributed by atoms with Gasteiger partial charge in [-0.2, -0.15) is 0 Å². The second kappa shape index (κ2) is 6.67. The molecule has 0 aliphatic carbocycles. The molecule has 0 saturated carbocycles. The van der Waals surface area contributed by atoms with Crippen LogP contribution in [-0.2, 0) is 19.2 Å². The van der Waals surface area contributed by atoms with Crippen molar-refractivity contribution in [2.24, 2.45) is 0 Å². The Labute approximate surface area is 106 Å². The molecular formula is C11H19N3O4. The lowest BCUT2D eigenvalue weighted by atomic mass is 10.1. The van der Waals surface area contributed by atoms with Crippen molar-refractivity contribution in [3.05, 3.63) is 0 Å². The van der Waals surface area contributed by atoms with Crippen LogP contribution >= 0.6 is 0 Å². The van der Waals surface area contributed by atoms with E-state index in [1.165, 1.54) is 0 Å². The summed E-state index contributed by atoms with van der Waals surface area (Å²) in [6, 6.07) is -0.573. The van der Waals surface area contributed by atoms with Gasteiger partial charge in [-0.1, -0.05) is 0 Å². The molecule has 0 aromatic heterocycles. The summed E-state index contributed by atoms with van der Waals surface area (Å²) in [6.45, 7) is 2.51. The van der Waals surface area contributed by atoms with E-state index in [1.54, 1.807) is 0 Å². The maximum Gasteiger partial charge on any atom is 0.268 e. The van der Waals surface area contributed by atoms with Gasteiger partial charge in [0.2, 0.25) is 5.91 Å². The SMILES string of the molecule is O=C(CCOC1CCNCC1)N[C@@H]1CONC1=O. The van der Waals surface area contributed by atoms with E-state index < -0.39 is 6.04 Å². The van der Waals surface area contributed by atoms with Gasteiger partial charge in [-0.15, -0.1) is 0 Å². The topological polar surface area (TPSA) is 88.7 Å². The first-order chi connectivity index (χ1) is 8.75. The quantitative estimate of drug-likeness (QED) is 0.569. The summed E-state index contributed by atoms with van der Waals surface area (Å²) < 4.78 is 5.61. The Morgan fingerprint density at radius 3 is 2.89 bits per heavy atom. The largest absolute Gasteiger partial charge is 0.378 e. The first kappa shape index (κ1) is 13.3. The van der Waals surface area contributed by atoms with Gasteiger partial charge in [-0.05, 0) is 25.9 Å². The molecule has 18 heavy (non-hydrogen) atoms. The Bertz CT molecular complexity index is 305. The van der Waals surface area contributed by atoms with E-state index in [0.717, 1.165) is 25.9 Å². The molecule has 0 bridgehead atoms. The highest BCUT2D eigenvalue weighted by Crippen LogP contribution is 2.07. The predicted octanol–water partition coefficient (Wildman–Crippen LogP) is -1.31. The molecule has 2 heterocycles. The number of rotatable bonds is 5. The molecule has 0 radical (unpaired) electrons. The fourth-order valence-electron chi connectivity index (χ4n) is 2.00. The number of hydroxylamine groups is 1. The maximum absolute atomic E-state index is 11.5. The number of piperidine rings is 1. The third kappa shape index (κ3) is 3.94. The molecule has 2 amide bonds. The molecule has 2 fully saturated rings. The van der Waals surface area contributed by atoms with Crippen molar-refractivity contribution >= 4 is 11.8 Å². The van der Waals surface area contributed by atoms with Gasteiger partial charge >= 0.3 is 0 Å². The van der Waals surface area contributed by atoms with E-state index in [0.29, 0.717) is 6.61 Å². The number of carbonyl (C=O) groups is 2. The van der Waals surface area contributed by atoms with E-state index >= 15 is 0 Å². The molecule has 7 heteroatoms. The molecular weight excluding hydrogens is 238 g/mol. The number of nitrogens with one attached hydrogen (secondary N) is 3. The number of amides is 2. The highest BCUT2D eigenvalue weighted by atomic mass is 16.7. The van der Waals surface area contributed by atoms with Crippen molar-refractivity contribution in [1.82, 2.24) is 16.1 Å². The van der Waals surface area contributed by atoms with Gasteiger partial charge in [0.05, 0.1) is 12.7 Å². The van der Waals surface area contributed by atoms with Crippen molar-refractivity contribution in [3.63, 3.8) is 0 Å². The van der Waals surface area contributed by atoms with Gasteiger partial charge in [-0.25, -0.2) is 5.48 Å². The minimum atomic E-state index is -0.573. The van der Waals surface area contributed by atoms with Crippen molar-refractivity contribution in [2.75, 3.05) is 26.3 Å². The van der Waals surface area contributed by atoms with Crippen molar-refractivity contribution < 1.29 is 19.2 Å². The van der Waals surface area contributed by atoms with Gasteiger partial charge in [-0.3, -0.25) is 14.4 Å². The Balaban J connectivity index is 1.58. The van der Waals surface area contributed by atoms with Crippen molar-refractivity contribution in [3.8, 4) is 0 Å². The third-order valence-electron chi connectivity index (χ3n) is 3.04. The summed E-state index contributed by atoms with van der Waals surface area (Å²) in [5.74, 6) is -0.489. The fraction of sp³-hybridized carbons (Fsp3) is 0.818. The van der Waals surface area contributed by atoms with E-state index in [4.69, 9.17) is 9.57 Å². The predicted molar refractivity (Wildman–Crippen MR) is 62.5 cm³/mol. The van der Waals surface area contributed by atoms with Crippen LogP contribution < -0.4 is 16.1 Å². The zero-order valence-corrected chi connectivity index (χ0v) is 10.2. The summed E-state index contributed by atoms with van der Waals surface area (Å²) in [5, 5.41) is 5.85. The average molecular weight is 257 g/mol. The van der Waals surface area contributed by atoms with Crippen LogP contribution in [0.3, 0.4) is 0 Å². The van der Waals surface area contributed by atoms with Crippen LogP contribution in [-0.4, -0.2) is 50.3 Å². The monoisotopic (exact) mass is 257 g/mol. The van der Waals surface area contributed by atoms with Crippen LogP contribution in [0.4, 0.5) is 0 Å². The first-order valence-electron chi connectivity index (χ1n) is 6.29. The Morgan fingerprint density at radius 1 is 1.44 bits per heavy atom. The Hall–Kier alpha value is -1.18. The molecule has 1 atom stereocenters. The normalized spacial score (nSPS) is 24.9. The minimum Gasteiger partial charge on any atom is -0.378 e. The van der Waals surface area contributed by atoms with Crippen molar-refractivity contribution in [2.45, 2.75) is 31.4 Å². The number of ether oxygens (including phenoxy) is 1. The zero-order valence-electron chi connectivity index (χ0n) is 10.2. The van der Waals surface area contributed by atoms with Gasteiger partial charge in [0.15, 0.2) is 0 Å². The molecule has 2 aliphatic rings. The van der Waals surface area contributed by atoms with E-state index in [1.807, 2.05) is 0 Å². The van der Waals surface area contributed by atoms with Crippen LogP contribution in [0.1, 0.15) is 19.3 Å². The summed E-state index contributed by atoms with van der Waals surface area (Å²) in [7, 11) is 0. The smallest absolute Gasteiger partial charge is 0.268 e. The molecule has 3 N–H and O–H groups in total. The van der Waals surface area contributed by atoms with Crippen LogP contribution in [0, 0.1) is 0 Å². The summed E-state index contributed by atoms with van der Waals surface area (Å²) in [6.07, 6.45) is 2.49. The number of carbonyl (C=O) groups excluding carboxylic acids is 2. The van der Waals surface area contributed by atoms with Gasteiger partial charge in [0, 0.05) is 6.42 Å². The highest BCUT2D eigenvalue weighted by Gasteiger charge is 2.26. The lowest BCUT2D eigenvalue weighted by Crippen LogP contribution is -2.42. The van der Waals surface area contributed by atoms with Crippen LogP contribution in [0.15, 0.2) is 0 Å². The van der Waals surface area contributed by atoms with Crippen LogP contribution in [0.25, 0.3) is 0 Å². The van der Waals surface area contributed by atoms with Crippen LogP contribution in [0.5, 0.6) is 0 Å². The second-order valence-electron chi connectivity index (χ2n) is 4.47. The lowest BCUT2D eigenvalue weighted by Gasteiger charge is -2.22. The zero-order chi connectivity index (χ0) is 12.8. The van der Waals surface area contributed by atoms with E-state index in [-0.39, 0.29) is 30.9 Å². The van der Waals surface area contributed by atoms with E-state index in [2.05, 4.69) is 16.1 Å². The van der Waals surface area contributed by atoms with E-state index in [9.17, 15) is 9.59 Å². The average Bonchev–Trinajstić information content (AvgIpc) is 2.76. The lowest BCUT2D eigenvalue weighted by molar-refractivity contribution is -0.129. The highest BCUT2D eigenvalue weighted by molar-refractivity contribution is 5.88. The van der Waals surface area contributed by atoms with Gasteiger partial charge in [0.1, 0.15) is 12.6 Å². The van der Waals surface area contributed by atoms with Crippen LogP contribution in [0.2, 0.25) is 0 Å². The molecule has 102 valence electrons. The standard InChI is InChI=1S/C11H19N3O4/c15-10(13-9-7-18-14-11(9)16)3-6-17-8-1-4-12-5-2-8/h8-9,12H,1-7H2,(H,13,15)(H,14,16)/t9-/m1/s1. The molecule has 0 aromatic rings. The summed E-state index contributed by atoms with van der Waals surface area (Å²) in [5.41, 5.74) is 2.19. The molecule has 7 nitrogen and oxygen atoms in total. The number of hydrogen-bond acceptors (Lipinski definition) is 5. The molecule has 0 spiro atoms. The molecule has 0 aromatic carbocycles. The molecule has 2 saturated heterocycles. The van der Waals surface area contributed by atoms with Gasteiger partial charge < -0.3 is 15.4 Å². The van der Waals surface area contributed by atoms with Crippen molar-refractivity contribution in [1.29, 1.82) is 0 Å². The first-order valence-corrected chi connectivity index (χ1v) is 6.29. The Morgan fingerprint density at radius 2 is 2.22 bits per heavy atom.